The smallest absolute Gasteiger partial charge is 0.205 e. The average molecular weight is 303 g/mol. The molecular weight excluding hydrogens is 286 g/mol. The Morgan fingerprint density at radius 3 is 2.65 bits per heavy atom. The first-order valence-electron chi connectivity index (χ1n) is 7.82. The number of fused-ring (bicyclic) bond motifs is 1. The lowest BCUT2D eigenvalue weighted by Crippen LogP contribution is -1.95. The number of aromatic amines is 1. The Labute approximate surface area is 134 Å². The van der Waals surface area contributed by atoms with Crippen LogP contribution in [0.5, 0.6) is 0 Å². The van der Waals surface area contributed by atoms with Crippen molar-refractivity contribution in [3.63, 3.8) is 0 Å². The molecule has 0 radical (unpaired) electrons. The van der Waals surface area contributed by atoms with Crippen molar-refractivity contribution in [2.45, 2.75) is 26.2 Å². The maximum Gasteiger partial charge on any atom is 0.205 e. The van der Waals surface area contributed by atoms with Crippen molar-refractivity contribution in [2.24, 2.45) is 0 Å². The lowest BCUT2D eigenvalue weighted by Gasteiger charge is -2.06. The molecule has 0 spiro atoms. The van der Waals surface area contributed by atoms with Gasteiger partial charge in [0.05, 0.1) is 5.69 Å². The molecule has 114 valence electrons. The highest BCUT2D eigenvalue weighted by Gasteiger charge is 2.20. The van der Waals surface area contributed by atoms with Crippen LogP contribution in [0.4, 0.5) is 0 Å². The Morgan fingerprint density at radius 1 is 1.09 bits per heavy atom. The zero-order valence-electron chi connectivity index (χ0n) is 13.0. The van der Waals surface area contributed by atoms with Gasteiger partial charge in [0.15, 0.2) is 0 Å². The van der Waals surface area contributed by atoms with Crippen LogP contribution >= 0.6 is 0 Å². The van der Waals surface area contributed by atoms with Crippen molar-refractivity contribution in [3.05, 3.63) is 64.5 Å². The van der Waals surface area contributed by atoms with Gasteiger partial charge >= 0.3 is 0 Å². The normalized spacial score (nSPS) is 13.0. The minimum Gasteiger partial charge on any atom is -0.257 e. The van der Waals surface area contributed by atoms with Gasteiger partial charge in [-0.1, -0.05) is 36.8 Å². The van der Waals surface area contributed by atoms with Gasteiger partial charge in [-0.25, -0.2) is 0 Å². The molecule has 0 saturated heterocycles. The second-order valence-electron chi connectivity index (χ2n) is 5.78. The van der Waals surface area contributed by atoms with Crippen molar-refractivity contribution in [3.8, 4) is 11.4 Å². The molecule has 2 aromatic heterocycles. The monoisotopic (exact) mass is 303 g/mol. The third-order valence-electron chi connectivity index (χ3n) is 4.28. The van der Waals surface area contributed by atoms with Gasteiger partial charge in [0, 0.05) is 11.8 Å². The number of pyridine rings is 1. The van der Waals surface area contributed by atoms with E-state index >= 15 is 0 Å². The predicted molar refractivity (Wildman–Crippen MR) is 88.6 cm³/mol. The second-order valence-corrected chi connectivity index (χ2v) is 5.78. The SMILES string of the molecule is CCc1ccc(CC2=Cc3nccc(-c4nn[nH]n4)c3C2)cc1. The standard InChI is InChI=1S/C18H17N5/c1-2-12-3-5-13(6-4-12)9-14-10-16-15(18-20-22-23-21-18)7-8-19-17(16)11-14/h3-8,11H,2,9-10H2,1H3,(H,20,21,22,23). The van der Waals surface area contributed by atoms with Crippen LogP contribution in [0.15, 0.2) is 42.1 Å². The molecule has 0 amide bonds. The summed E-state index contributed by atoms with van der Waals surface area (Å²) in [5, 5.41) is 14.4. The minimum atomic E-state index is 0.630. The summed E-state index contributed by atoms with van der Waals surface area (Å²) in [5.74, 6) is 0.630. The molecule has 1 aliphatic carbocycles. The number of nitrogens with one attached hydrogen (secondary N) is 1. The van der Waals surface area contributed by atoms with E-state index in [9.17, 15) is 0 Å². The number of hydrogen-bond donors (Lipinski definition) is 1. The zero-order valence-corrected chi connectivity index (χ0v) is 13.0. The summed E-state index contributed by atoms with van der Waals surface area (Å²) in [5.41, 5.74) is 7.30. The number of hydrogen-bond acceptors (Lipinski definition) is 4. The third-order valence-corrected chi connectivity index (χ3v) is 4.28. The van der Waals surface area contributed by atoms with Gasteiger partial charge < -0.3 is 0 Å². The van der Waals surface area contributed by atoms with E-state index in [4.69, 9.17) is 0 Å². The lowest BCUT2D eigenvalue weighted by molar-refractivity contribution is 0.881. The molecular formula is C18H17N5. The maximum atomic E-state index is 4.49. The van der Waals surface area contributed by atoms with Crippen molar-refractivity contribution in [1.82, 2.24) is 25.6 Å². The topological polar surface area (TPSA) is 67.3 Å². The third kappa shape index (κ3) is 2.65. The average Bonchev–Trinajstić information content (AvgIpc) is 3.24. The van der Waals surface area contributed by atoms with Gasteiger partial charge in [-0.05, 0) is 53.3 Å². The highest BCUT2D eigenvalue weighted by atomic mass is 15.5. The molecule has 5 heteroatoms. The molecule has 0 bridgehead atoms. The van der Waals surface area contributed by atoms with E-state index in [2.05, 4.69) is 62.9 Å². The Kier molecular flexibility index (Phi) is 3.46. The Balaban J connectivity index is 1.58. The number of tetrazole rings is 1. The number of H-pyrrole nitrogens is 1. The van der Waals surface area contributed by atoms with Crippen LogP contribution in [0.1, 0.15) is 29.3 Å². The molecule has 0 aliphatic heterocycles. The van der Waals surface area contributed by atoms with Crippen molar-refractivity contribution in [1.29, 1.82) is 0 Å². The first kappa shape index (κ1) is 13.8. The number of nitrogens with zero attached hydrogens (tertiary/aromatic N) is 4. The van der Waals surface area contributed by atoms with Crippen LogP contribution in [0, 0.1) is 0 Å². The van der Waals surface area contributed by atoms with Crippen LogP contribution in [0.2, 0.25) is 0 Å². The van der Waals surface area contributed by atoms with Crippen LogP contribution in [-0.2, 0) is 19.3 Å². The molecule has 1 aliphatic rings. The number of rotatable bonds is 4. The largest absolute Gasteiger partial charge is 0.257 e. The van der Waals surface area contributed by atoms with E-state index in [0.717, 1.165) is 30.5 Å². The molecule has 1 aromatic carbocycles. The summed E-state index contributed by atoms with van der Waals surface area (Å²) >= 11 is 0. The summed E-state index contributed by atoms with van der Waals surface area (Å²) in [6.07, 6.45) is 6.91. The van der Waals surface area contributed by atoms with E-state index in [-0.39, 0.29) is 0 Å². The van der Waals surface area contributed by atoms with E-state index in [0.29, 0.717) is 5.82 Å². The maximum absolute atomic E-state index is 4.49. The predicted octanol–water partition coefficient (Wildman–Crippen LogP) is 3.01. The van der Waals surface area contributed by atoms with Crippen LogP contribution in [0.3, 0.4) is 0 Å². The summed E-state index contributed by atoms with van der Waals surface area (Å²) in [4.78, 5) is 4.49. The van der Waals surface area contributed by atoms with E-state index in [1.54, 1.807) is 6.20 Å². The van der Waals surface area contributed by atoms with E-state index < -0.39 is 0 Å². The van der Waals surface area contributed by atoms with E-state index in [1.165, 1.54) is 22.3 Å². The summed E-state index contributed by atoms with van der Waals surface area (Å²) in [6.45, 7) is 2.18. The fourth-order valence-corrected chi connectivity index (χ4v) is 3.04. The quantitative estimate of drug-likeness (QED) is 0.804. The Morgan fingerprint density at radius 2 is 1.91 bits per heavy atom. The van der Waals surface area contributed by atoms with Gasteiger partial charge in [-0.2, -0.15) is 5.21 Å². The van der Waals surface area contributed by atoms with Crippen LogP contribution in [0.25, 0.3) is 17.5 Å². The molecule has 0 saturated carbocycles. The first-order valence-corrected chi connectivity index (χ1v) is 7.82. The van der Waals surface area contributed by atoms with Crippen molar-refractivity contribution >= 4 is 6.08 Å². The van der Waals surface area contributed by atoms with Crippen molar-refractivity contribution in [2.75, 3.05) is 0 Å². The first-order chi connectivity index (χ1) is 11.3. The number of allylic oxidation sites excluding steroid dienone is 1. The summed E-state index contributed by atoms with van der Waals surface area (Å²) in [6, 6.07) is 10.8. The van der Waals surface area contributed by atoms with E-state index in [1.807, 2.05) is 6.07 Å². The summed E-state index contributed by atoms with van der Waals surface area (Å²) < 4.78 is 0. The molecule has 0 fully saturated rings. The minimum absolute atomic E-state index is 0.630. The highest BCUT2D eigenvalue weighted by Crippen LogP contribution is 2.32. The Hall–Kier alpha value is -2.82. The number of aromatic nitrogens is 5. The van der Waals surface area contributed by atoms with Crippen molar-refractivity contribution < 1.29 is 0 Å². The molecule has 0 unspecified atom stereocenters. The van der Waals surface area contributed by atoms with Gasteiger partial charge in [0.2, 0.25) is 5.82 Å². The molecule has 3 aromatic rings. The fourth-order valence-electron chi connectivity index (χ4n) is 3.04. The fraction of sp³-hybridized carbons (Fsp3) is 0.222. The summed E-state index contributed by atoms with van der Waals surface area (Å²) in [7, 11) is 0. The number of aryl methyl sites for hydroxylation is 1. The van der Waals surface area contributed by atoms with Crippen LogP contribution < -0.4 is 0 Å². The molecule has 1 N–H and O–H groups in total. The van der Waals surface area contributed by atoms with Gasteiger partial charge in [0.1, 0.15) is 0 Å². The molecule has 0 atom stereocenters. The highest BCUT2D eigenvalue weighted by molar-refractivity contribution is 5.71. The molecule has 23 heavy (non-hydrogen) atoms. The van der Waals surface area contributed by atoms with Gasteiger partial charge in [-0.15, -0.1) is 10.2 Å². The second kappa shape index (κ2) is 5.76. The number of benzene rings is 1. The Bertz CT molecular complexity index is 848. The van der Waals surface area contributed by atoms with Gasteiger partial charge in [0.25, 0.3) is 0 Å². The molecule has 2 heterocycles. The lowest BCUT2D eigenvalue weighted by atomic mass is 10.00. The van der Waals surface area contributed by atoms with Crippen LogP contribution in [-0.4, -0.2) is 25.6 Å². The molecule has 4 rings (SSSR count). The zero-order chi connectivity index (χ0) is 15.6. The molecule has 5 nitrogen and oxygen atoms in total. The van der Waals surface area contributed by atoms with Gasteiger partial charge in [-0.3, -0.25) is 4.98 Å².